The Balaban J connectivity index is 2.38. The molecule has 14 heavy (non-hydrogen) atoms. The van der Waals surface area contributed by atoms with Crippen molar-refractivity contribution < 1.29 is 4.74 Å². The number of rotatable bonds is 1. The molecule has 0 radical (unpaired) electrons. The molecule has 1 aromatic rings. The summed E-state index contributed by atoms with van der Waals surface area (Å²) in [7, 11) is 0. The van der Waals surface area contributed by atoms with Crippen molar-refractivity contribution in [3.05, 3.63) is 28.5 Å². The number of ether oxygens (including phenoxy) is 1. The van der Waals surface area contributed by atoms with E-state index in [2.05, 4.69) is 18.8 Å². The number of halogens is 1. The molecule has 2 atom stereocenters. The number of fused-ring (bicyclic) bond motifs is 1. The minimum atomic E-state index is 0.286. The zero-order valence-electron chi connectivity index (χ0n) is 8.46. The molecule has 2 rings (SSSR count). The van der Waals surface area contributed by atoms with Gasteiger partial charge in [-0.05, 0) is 18.1 Å². The van der Waals surface area contributed by atoms with E-state index in [-0.39, 0.29) is 6.10 Å². The molecule has 0 unspecified atom stereocenters. The SMILES string of the molecule is CC[C@@H]1OCc2ccc(Cl)nc2[C@H]1C. The lowest BCUT2D eigenvalue weighted by atomic mass is 9.92. The third kappa shape index (κ3) is 1.64. The highest BCUT2D eigenvalue weighted by atomic mass is 35.5. The zero-order chi connectivity index (χ0) is 10.1. The Kier molecular flexibility index (Phi) is 2.75. The van der Waals surface area contributed by atoms with E-state index in [1.54, 1.807) is 0 Å². The highest BCUT2D eigenvalue weighted by molar-refractivity contribution is 6.29. The Labute approximate surface area is 89.3 Å². The molecule has 0 bridgehead atoms. The molecule has 0 amide bonds. The number of pyridine rings is 1. The minimum Gasteiger partial charge on any atom is -0.373 e. The average molecular weight is 212 g/mol. The molecule has 0 spiro atoms. The Morgan fingerprint density at radius 2 is 2.36 bits per heavy atom. The zero-order valence-corrected chi connectivity index (χ0v) is 9.21. The summed E-state index contributed by atoms with van der Waals surface area (Å²) in [6.45, 7) is 4.95. The monoisotopic (exact) mass is 211 g/mol. The van der Waals surface area contributed by atoms with Gasteiger partial charge in [0.2, 0.25) is 0 Å². The maximum absolute atomic E-state index is 5.88. The van der Waals surface area contributed by atoms with Crippen LogP contribution in [0.2, 0.25) is 5.15 Å². The van der Waals surface area contributed by atoms with Gasteiger partial charge in [-0.1, -0.05) is 31.5 Å². The van der Waals surface area contributed by atoms with Crippen molar-refractivity contribution in [2.24, 2.45) is 0 Å². The van der Waals surface area contributed by atoms with Crippen LogP contribution < -0.4 is 0 Å². The molecule has 0 N–H and O–H groups in total. The highest BCUT2D eigenvalue weighted by Crippen LogP contribution is 2.31. The Morgan fingerprint density at radius 3 is 3.07 bits per heavy atom. The number of hydrogen-bond acceptors (Lipinski definition) is 2. The Hall–Kier alpha value is -0.600. The van der Waals surface area contributed by atoms with Crippen molar-refractivity contribution in [1.29, 1.82) is 0 Å². The van der Waals surface area contributed by atoms with E-state index >= 15 is 0 Å². The fraction of sp³-hybridized carbons (Fsp3) is 0.545. The molecule has 0 saturated carbocycles. The van der Waals surface area contributed by atoms with Crippen LogP contribution in [0.25, 0.3) is 0 Å². The van der Waals surface area contributed by atoms with E-state index < -0.39 is 0 Å². The quantitative estimate of drug-likeness (QED) is 0.666. The van der Waals surface area contributed by atoms with E-state index in [0.29, 0.717) is 17.7 Å². The van der Waals surface area contributed by atoms with Crippen LogP contribution in [0.3, 0.4) is 0 Å². The van der Waals surface area contributed by atoms with Gasteiger partial charge in [0.1, 0.15) is 5.15 Å². The normalized spacial score (nSPS) is 25.9. The molecule has 76 valence electrons. The summed E-state index contributed by atoms with van der Waals surface area (Å²) in [5, 5.41) is 0.576. The molecule has 0 aromatic carbocycles. The molecule has 1 aliphatic rings. The van der Waals surface area contributed by atoms with Gasteiger partial charge in [0.25, 0.3) is 0 Å². The fourth-order valence-electron chi connectivity index (χ4n) is 1.98. The third-order valence-electron chi connectivity index (χ3n) is 2.82. The van der Waals surface area contributed by atoms with Gasteiger partial charge in [-0.2, -0.15) is 0 Å². The lowest BCUT2D eigenvalue weighted by Gasteiger charge is -2.29. The summed E-state index contributed by atoms with van der Waals surface area (Å²) in [5.74, 6) is 0.349. The molecule has 0 aliphatic carbocycles. The van der Waals surface area contributed by atoms with Crippen LogP contribution in [0, 0.1) is 0 Å². The summed E-state index contributed by atoms with van der Waals surface area (Å²) >= 11 is 5.88. The molecule has 1 aliphatic heterocycles. The first-order chi connectivity index (χ1) is 6.72. The van der Waals surface area contributed by atoms with Crippen molar-refractivity contribution in [2.45, 2.75) is 38.9 Å². The smallest absolute Gasteiger partial charge is 0.129 e. The maximum Gasteiger partial charge on any atom is 0.129 e. The van der Waals surface area contributed by atoms with Crippen LogP contribution in [0.4, 0.5) is 0 Å². The Bertz CT molecular complexity index is 340. The topological polar surface area (TPSA) is 22.1 Å². The van der Waals surface area contributed by atoms with Crippen LogP contribution >= 0.6 is 11.6 Å². The molecule has 0 saturated heterocycles. The second kappa shape index (κ2) is 3.87. The first-order valence-electron chi connectivity index (χ1n) is 4.99. The molecular formula is C11H14ClNO. The van der Waals surface area contributed by atoms with Gasteiger partial charge in [0.05, 0.1) is 18.4 Å². The maximum atomic E-state index is 5.88. The number of nitrogens with zero attached hydrogens (tertiary/aromatic N) is 1. The van der Waals surface area contributed by atoms with Gasteiger partial charge in [0, 0.05) is 5.92 Å². The van der Waals surface area contributed by atoms with Crippen LogP contribution in [0.1, 0.15) is 37.4 Å². The van der Waals surface area contributed by atoms with E-state index in [0.717, 1.165) is 12.1 Å². The summed E-state index contributed by atoms with van der Waals surface area (Å²) < 4.78 is 5.72. The number of aromatic nitrogens is 1. The second-order valence-corrected chi connectivity index (χ2v) is 4.11. The van der Waals surface area contributed by atoms with Crippen molar-refractivity contribution >= 4 is 11.6 Å². The van der Waals surface area contributed by atoms with E-state index in [1.807, 2.05) is 12.1 Å². The van der Waals surface area contributed by atoms with Crippen LogP contribution in [0.15, 0.2) is 12.1 Å². The second-order valence-electron chi connectivity index (χ2n) is 3.72. The predicted molar refractivity (Wildman–Crippen MR) is 56.5 cm³/mol. The molecule has 1 aromatic heterocycles. The predicted octanol–water partition coefficient (Wildman–Crippen LogP) is 3.15. The summed E-state index contributed by atoms with van der Waals surface area (Å²) in [6, 6.07) is 3.83. The molecular weight excluding hydrogens is 198 g/mol. The van der Waals surface area contributed by atoms with Gasteiger partial charge >= 0.3 is 0 Å². The van der Waals surface area contributed by atoms with Gasteiger partial charge < -0.3 is 4.74 Å². The average Bonchev–Trinajstić information content (AvgIpc) is 2.20. The van der Waals surface area contributed by atoms with Crippen molar-refractivity contribution in [2.75, 3.05) is 0 Å². The third-order valence-corrected chi connectivity index (χ3v) is 3.03. The van der Waals surface area contributed by atoms with Crippen molar-refractivity contribution in [3.63, 3.8) is 0 Å². The van der Waals surface area contributed by atoms with Gasteiger partial charge in [-0.25, -0.2) is 4.98 Å². The first-order valence-corrected chi connectivity index (χ1v) is 5.37. The van der Waals surface area contributed by atoms with Gasteiger partial charge in [0.15, 0.2) is 0 Å². The molecule has 2 nitrogen and oxygen atoms in total. The highest BCUT2D eigenvalue weighted by Gasteiger charge is 2.26. The summed E-state index contributed by atoms with van der Waals surface area (Å²) in [6.07, 6.45) is 1.31. The van der Waals surface area contributed by atoms with Crippen LogP contribution in [0.5, 0.6) is 0 Å². The van der Waals surface area contributed by atoms with E-state index in [1.165, 1.54) is 5.56 Å². The molecule has 3 heteroatoms. The summed E-state index contributed by atoms with van der Waals surface area (Å²) in [4.78, 5) is 4.38. The van der Waals surface area contributed by atoms with Crippen LogP contribution in [-0.2, 0) is 11.3 Å². The van der Waals surface area contributed by atoms with Crippen molar-refractivity contribution in [1.82, 2.24) is 4.98 Å². The first kappa shape index (κ1) is 9.94. The van der Waals surface area contributed by atoms with E-state index in [4.69, 9.17) is 16.3 Å². The van der Waals surface area contributed by atoms with E-state index in [9.17, 15) is 0 Å². The standard InChI is InChI=1S/C11H14ClNO/c1-3-9-7(2)11-8(6-14-9)4-5-10(12)13-11/h4-5,7,9H,3,6H2,1-2H3/t7-,9-/m0/s1. The lowest BCUT2D eigenvalue weighted by molar-refractivity contribution is 0.00798. The lowest BCUT2D eigenvalue weighted by Crippen LogP contribution is -2.26. The fourth-order valence-corrected chi connectivity index (χ4v) is 2.14. The minimum absolute atomic E-state index is 0.286. The molecule has 2 heterocycles. The summed E-state index contributed by atoms with van der Waals surface area (Å²) in [5.41, 5.74) is 2.28. The largest absolute Gasteiger partial charge is 0.373 e. The Morgan fingerprint density at radius 1 is 1.57 bits per heavy atom. The van der Waals surface area contributed by atoms with Crippen molar-refractivity contribution in [3.8, 4) is 0 Å². The van der Waals surface area contributed by atoms with Crippen LogP contribution in [-0.4, -0.2) is 11.1 Å². The van der Waals surface area contributed by atoms with Gasteiger partial charge in [-0.15, -0.1) is 0 Å². The molecule has 0 fully saturated rings. The number of hydrogen-bond donors (Lipinski definition) is 0. The van der Waals surface area contributed by atoms with Gasteiger partial charge in [-0.3, -0.25) is 0 Å².